The number of nitrogens with two attached hydrogens (primary N) is 1. The van der Waals surface area contributed by atoms with Crippen LogP contribution >= 0.6 is 73.7 Å². The molecule has 9 N–H and O–H groups in total. The minimum atomic E-state index is -3.22. The summed E-state index contributed by atoms with van der Waals surface area (Å²) in [6.07, 6.45) is 3.40. The van der Waals surface area contributed by atoms with E-state index in [4.69, 9.17) is 60.6 Å². The van der Waals surface area contributed by atoms with Gasteiger partial charge < -0.3 is 36.7 Å². The normalized spacial score (nSPS) is 13.1. The van der Waals surface area contributed by atoms with Gasteiger partial charge in [-0.3, -0.25) is 43.5 Å². The number of para-hydroxylation sites is 2. The number of hydrogen-bond acceptors (Lipinski definition) is 19. The number of nitrogen functional groups attached to an aromatic ring is 1. The number of H-pyrrole nitrogens is 2. The van der Waals surface area contributed by atoms with Crippen molar-refractivity contribution in [2.24, 2.45) is 0 Å². The van der Waals surface area contributed by atoms with Crippen LogP contribution in [0, 0.1) is 27.7 Å². The Labute approximate surface area is 822 Å². The fourth-order valence-electron chi connectivity index (χ4n) is 16.0. The Morgan fingerprint density at radius 2 is 0.750 bits per heavy atom. The molecule has 2 amide bonds. The van der Waals surface area contributed by atoms with Crippen LogP contribution in [-0.2, 0) is 82.6 Å². The number of carbonyl (C=O) groups is 2. The number of nitrogens with one attached hydrogen (secondary N) is 5. The SMILES string of the molecule is C.Cc1cccc(C)c1NC(=O)c1ccc(N)cc1.Cc1cccc(C)c1NC(=O)c1ccc(Nc2nc3c(c(-c4ccccc4)n2)CCN(Cc2ccccc2)C3)cc1.Clc1nc(Cl)c2c(n1)CN(Cc1ccccc1)CC2.Clc1nc2c(c(-c3ccccc3)n1)CCN(Cc1ccccc1)C2.O=P(Cl)(Cl)Cl.O=c1[nH]c2c(c(=O)[nH]1)CCN(Cc1ccccc1)C2.OB(O)c1ccccc1. The number of benzene rings is 11. The third-order valence-corrected chi connectivity index (χ3v) is 23.4. The smallest absolute Gasteiger partial charge is 0.423 e. The van der Waals surface area contributed by atoms with Crippen LogP contribution in [0.1, 0.15) is 118 Å². The van der Waals surface area contributed by atoms with Gasteiger partial charge in [-0.1, -0.05) is 268 Å². The Kier molecular flexibility index (Phi) is 38.1. The van der Waals surface area contributed by atoms with E-state index < -0.39 is 18.0 Å². The van der Waals surface area contributed by atoms with E-state index in [9.17, 15) is 23.7 Å². The van der Waals surface area contributed by atoms with E-state index in [1.54, 1.807) is 48.5 Å². The minimum absolute atomic E-state index is 0. The lowest BCUT2D eigenvalue weighted by atomic mass is 9.81. The predicted octanol–water partition coefficient (Wildman–Crippen LogP) is 21.6. The molecule has 0 unspecified atom stereocenters. The standard InChI is InChI=1S/C35H33N5O.C20H18ClN3.C15H16N2O.C14H13Cl2N3.C14H15N3O2.C6H7BO2.CH4.Cl3OP/c1-24-10-9-11-25(2)32(24)38-34(41)28-16-18-29(19-17-28)36-35-37-31-23-40(22-26-12-5-3-6-13-26)21-20-30(31)33(39-35)27-14-7-4-8-15-27;21-20-22-18-14-24(13-15-7-3-1-4-8-15)12-11-17(18)19(23-20)16-9-5-2-6-10-16;1-10-4-3-5-11(2)14(10)17-15(18)12-6-8-13(16)9-7-12;15-13-11-6-7-19(8-10-4-2-1-3-5-10)9-12(11)17-14(16)18-13;18-13-11-6-7-17(8-10-4-2-1-3-5-10)9-12(11)15-14(19)16-13;8-7(9)6-4-2-1-3-5-6;;1-5(2,3)4/h3-19H,20-23H2,1-2H3,(H,38,41)(H,36,37,39);1-10H,11-14H2;3-9H,16H2,1-2H3,(H,17,18);1-5H,6-9H2;1-5H,6-9H2,(H2,15,16,18,19);1-5,8-9H;1H4;. The van der Waals surface area contributed by atoms with E-state index in [0.717, 1.165) is 181 Å². The number of aromatic amines is 2. The van der Waals surface area contributed by atoms with E-state index in [0.29, 0.717) is 57.2 Å². The van der Waals surface area contributed by atoms with Crippen LogP contribution in [0.25, 0.3) is 22.5 Å². The van der Waals surface area contributed by atoms with Gasteiger partial charge in [-0.15, -0.1) is 0 Å². The third-order valence-electron chi connectivity index (χ3n) is 22.7. The fourth-order valence-corrected chi connectivity index (χ4v) is 16.7. The highest BCUT2D eigenvalue weighted by Gasteiger charge is 2.28. The summed E-state index contributed by atoms with van der Waals surface area (Å²) in [4.78, 5) is 89.7. The zero-order valence-electron chi connectivity index (χ0n) is 74.9. The molecule has 31 heteroatoms. The summed E-state index contributed by atoms with van der Waals surface area (Å²) in [6, 6.07) is 97.2. The number of rotatable bonds is 17. The highest BCUT2D eigenvalue weighted by Crippen LogP contribution is 2.61. The molecule has 4 aliphatic heterocycles. The summed E-state index contributed by atoms with van der Waals surface area (Å²) in [5.74, 6) is 0.299. The summed E-state index contributed by atoms with van der Waals surface area (Å²) in [6.45, 7) is 18.2. The van der Waals surface area contributed by atoms with Crippen LogP contribution in [0.4, 0.5) is 28.7 Å². The van der Waals surface area contributed by atoms with E-state index in [1.165, 1.54) is 33.4 Å². The number of aryl methyl sites for hydroxylation is 4. The zero-order chi connectivity index (χ0) is 95.3. The second-order valence-electron chi connectivity index (χ2n) is 32.6. The molecule has 0 spiro atoms. The van der Waals surface area contributed by atoms with Crippen molar-refractivity contribution in [1.29, 1.82) is 0 Å². The average Bonchev–Trinajstić information content (AvgIpc) is 0.802. The monoisotopic (exact) mass is 1950 g/mol. The zero-order valence-corrected chi connectivity index (χ0v) is 80.3. The van der Waals surface area contributed by atoms with Gasteiger partial charge in [0.1, 0.15) is 5.15 Å². The second kappa shape index (κ2) is 50.5. The molecule has 0 fully saturated rings. The van der Waals surface area contributed by atoms with Crippen molar-refractivity contribution in [3.8, 4) is 22.5 Å². The topological polar surface area (TPSA) is 310 Å². The predicted molar refractivity (Wildman–Crippen MR) is 553 cm³/mol. The first-order chi connectivity index (χ1) is 65.1. The molecule has 0 saturated carbocycles. The van der Waals surface area contributed by atoms with Crippen molar-refractivity contribution in [2.75, 3.05) is 47.9 Å². The molecular formula is C105H106BCl6N16O7P. The molecule has 0 bridgehead atoms. The Bertz CT molecular complexity index is 6590. The molecule has 15 aromatic rings. The van der Waals surface area contributed by atoms with Crippen molar-refractivity contribution >= 4 is 127 Å². The van der Waals surface area contributed by atoms with Crippen molar-refractivity contribution < 1.29 is 24.2 Å². The lowest BCUT2D eigenvalue weighted by Gasteiger charge is -2.29. The number of anilines is 5. The van der Waals surface area contributed by atoms with Gasteiger partial charge in [-0.2, -0.15) is 0 Å². The quantitative estimate of drug-likeness (QED) is 0.0138. The van der Waals surface area contributed by atoms with Crippen LogP contribution < -0.4 is 38.4 Å². The van der Waals surface area contributed by atoms with E-state index in [2.05, 4.69) is 214 Å². The van der Waals surface area contributed by atoms with Crippen LogP contribution in [0.3, 0.4) is 0 Å². The van der Waals surface area contributed by atoms with Gasteiger partial charge >= 0.3 is 18.0 Å². The molecule has 8 heterocycles. The highest BCUT2D eigenvalue weighted by atomic mass is 36.0. The van der Waals surface area contributed by atoms with Crippen LogP contribution in [0.15, 0.2) is 307 Å². The molecule has 0 radical (unpaired) electrons. The number of aromatic nitrogens is 8. The molecule has 0 aliphatic carbocycles. The summed E-state index contributed by atoms with van der Waals surface area (Å²) in [5.41, 5.74) is 31.3. The molecule has 0 atom stereocenters. The molecule has 19 rings (SSSR count). The minimum Gasteiger partial charge on any atom is -0.423 e. The molecule has 698 valence electrons. The molecule has 23 nitrogen and oxygen atoms in total. The van der Waals surface area contributed by atoms with Gasteiger partial charge in [0.2, 0.25) is 16.5 Å². The largest absolute Gasteiger partial charge is 0.488 e. The highest BCUT2D eigenvalue weighted by molar-refractivity contribution is 8.24. The van der Waals surface area contributed by atoms with Gasteiger partial charge in [-0.25, -0.2) is 34.7 Å². The van der Waals surface area contributed by atoms with Crippen molar-refractivity contribution in [3.63, 3.8) is 0 Å². The van der Waals surface area contributed by atoms with E-state index in [-0.39, 0.29) is 30.1 Å². The summed E-state index contributed by atoms with van der Waals surface area (Å²) in [7, 11) is -1.34. The van der Waals surface area contributed by atoms with Crippen LogP contribution in [0.5, 0.6) is 0 Å². The van der Waals surface area contributed by atoms with Gasteiger partial charge in [0.15, 0.2) is 0 Å². The molecule has 0 saturated heterocycles. The summed E-state index contributed by atoms with van der Waals surface area (Å²) in [5, 5.41) is 24.4. The molecule has 136 heavy (non-hydrogen) atoms. The summed E-state index contributed by atoms with van der Waals surface area (Å²) >= 11 is 32.0. The van der Waals surface area contributed by atoms with Crippen LogP contribution in [-0.4, -0.2) is 115 Å². The third kappa shape index (κ3) is 30.8. The molecular weight excluding hydrogens is 1850 g/mol. The summed E-state index contributed by atoms with van der Waals surface area (Å²) < 4.78 is 9.51. The lowest BCUT2D eigenvalue weighted by molar-refractivity contribution is 0.101. The fraction of sp³-hybridized carbons (Fsp3) is 0.200. The Hall–Kier alpha value is -12.3. The van der Waals surface area contributed by atoms with Gasteiger partial charge in [0, 0.05) is 151 Å². The molecule has 4 aromatic heterocycles. The number of amides is 2. The van der Waals surface area contributed by atoms with Crippen LogP contribution in [0.2, 0.25) is 15.7 Å². The first kappa shape index (κ1) is 103. The Morgan fingerprint density at radius 1 is 0.412 bits per heavy atom. The lowest BCUT2D eigenvalue weighted by Crippen LogP contribution is -2.38. The van der Waals surface area contributed by atoms with Crippen molar-refractivity contribution in [3.05, 3.63) is 434 Å². The number of fused-ring (bicyclic) bond motifs is 4. The number of carbonyl (C=O) groups excluding carboxylic acids is 2. The Morgan fingerprint density at radius 3 is 1.15 bits per heavy atom. The average molecular weight is 1960 g/mol. The maximum atomic E-state index is 13.0. The molecule has 11 aromatic carbocycles. The van der Waals surface area contributed by atoms with Gasteiger partial charge in [-0.05, 0) is 209 Å². The first-order valence-corrected chi connectivity index (χ1v) is 49.4. The van der Waals surface area contributed by atoms with Gasteiger partial charge in [0.05, 0.1) is 28.5 Å². The number of halogens is 6. The van der Waals surface area contributed by atoms with Crippen molar-refractivity contribution in [1.82, 2.24) is 59.5 Å². The van der Waals surface area contributed by atoms with E-state index in [1.807, 2.05) is 161 Å². The number of nitrogens with zero attached hydrogens (tertiary/aromatic N) is 10. The van der Waals surface area contributed by atoms with E-state index >= 15 is 0 Å². The maximum absolute atomic E-state index is 13.0. The van der Waals surface area contributed by atoms with Gasteiger partial charge in [0.25, 0.3) is 17.4 Å². The second-order valence-corrected chi connectivity index (χ2v) is 40.3. The molecule has 4 aliphatic rings. The number of hydrogen-bond donors (Lipinski definition) is 8. The maximum Gasteiger partial charge on any atom is 0.488 e. The first-order valence-electron chi connectivity index (χ1n) is 43.9. The Balaban J connectivity index is 0.000000152. The van der Waals surface area contributed by atoms with Crippen molar-refractivity contribution in [2.45, 2.75) is 113 Å².